The number of hydrogen-bond donors (Lipinski definition) is 0. The first-order valence-corrected chi connectivity index (χ1v) is 8.28. The van der Waals surface area contributed by atoms with Crippen LogP contribution in [-0.4, -0.2) is 30.1 Å². The molecule has 1 aliphatic rings. The lowest BCUT2D eigenvalue weighted by Crippen LogP contribution is -2.25. The van der Waals surface area contributed by atoms with E-state index in [1.54, 1.807) is 26.4 Å². The van der Waals surface area contributed by atoms with Crippen LogP contribution in [0.1, 0.15) is 24.0 Å². The summed E-state index contributed by atoms with van der Waals surface area (Å²) in [5.74, 6) is 1.53. The van der Waals surface area contributed by atoms with Gasteiger partial charge in [0, 0.05) is 37.3 Å². The van der Waals surface area contributed by atoms with Crippen molar-refractivity contribution < 1.29 is 14.4 Å². The van der Waals surface area contributed by atoms with Crippen LogP contribution < -0.4 is 9.47 Å². The molecule has 6 nitrogen and oxygen atoms in total. The number of benzene rings is 2. The molecule has 1 saturated carbocycles. The first kappa shape index (κ1) is 17.2. The summed E-state index contributed by atoms with van der Waals surface area (Å²) in [6.45, 7) is 1.44. The Bertz CT molecular complexity index is 737. The fraction of sp³-hybridized carbons (Fsp3) is 0.368. The molecule has 25 heavy (non-hydrogen) atoms. The van der Waals surface area contributed by atoms with Gasteiger partial charge in [0.1, 0.15) is 11.5 Å². The molecular formula is C19H22N2O4. The predicted octanol–water partition coefficient (Wildman–Crippen LogP) is 3.78. The lowest BCUT2D eigenvalue weighted by Gasteiger charge is -2.22. The van der Waals surface area contributed by atoms with E-state index in [4.69, 9.17) is 9.47 Å². The number of rotatable bonds is 8. The highest BCUT2D eigenvalue weighted by molar-refractivity contribution is 5.39. The second-order valence-corrected chi connectivity index (χ2v) is 6.28. The Hall–Kier alpha value is -2.60. The minimum absolute atomic E-state index is 0.135. The molecule has 2 aromatic carbocycles. The van der Waals surface area contributed by atoms with Gasteiger partial charge in [-0.3, -0.25) is 15.0 Å². The fourth-order valence-electron chi connectivity index (χ4n) is 2.95. The van der Waals surface area contributed by atoms with Crippen molar-refractivity contribution in [3.05, 3.63) is 63.7 Å². The second kappa shape index (κ2) is 7.53. The van der Waals surface area contributed by atoms with E-state index < -0.39 is 0 Å². The number of ether oxygens (including phenoxy) is 2. The van der Waals surface area contributed by atoms with Gasteiger partial charge in [-0.15, -0.1) is 0 Å². The van der Waals surface area contributed by atoms with E-state index >= 15 is 0 Å². The molecule has 0 atom stereocenters. The summed E-state index contributed by atoms with van der Waals surface area (Å²) in [6.07, 6.45) is 2.33. The highest BCUT2D eigenvalue weighted by Crippen LogP contribution is 2.32. The van der Waals surface area contributed by atoms with Gasteiger partial charge in [0.15, 0.2) is 0 Å². The molecule has 0 amide bonds. The molecule has 6 heteroatoms. The molecule has 0 spiro atoms. The molecule has 3 rings (SSSR count). The van der Waals surface area contributed by atoms with Crippen LogP contribution in [0.15, 0.2) is 42.5 Å². The van der Waals surface area contributed by atoms with Gasteiger partial charge >= 0.3 is 0 Å². The fourth-order valence-corrected chi connectivity index (χ4v) is 2.95. The summed E-state index contributed by atoms with van der Waals surface area (Å²) in [5.41, 5.74) is 2.20. The normalized spacial score (nSPS) is 13.7. The summed E-state index contributed by atoms with van der Waals surface area (Å²) in [7, 11) is 3.28. The van der Waals surface area contributed by atoms with Crippen LogP contribution in [-0.2, 0) is 13.1 Å². The van der Waals surface area contributed by atoms with Gasteiger partial charge in [-0.25, -0.2) is 0 Å². The molecule has 0 unspecified atom stereocenters. The van der Waals surface area contributed by atoms with Crippen LogP contribution in [0.5, 0.6) is 11.5 Å². The molecule has 0 aromatic heterocycles. The van der Waals surface area contributed by atoms with Crippen molar-refractivity contribution in [1.82, 2.24) is 4.90 Å². The quantitative estimate of drug-likeness (QED) is 0.539. The molecule has 0 bridgehead atoms. The van der Waals surface area contributed by atoms with E-state index in [1.807, 2.05) is 24.3 Å². The standard InChI is InChI=1S/C19H22N2O4/c1-24-18-9-15(10-19(11-18)25-2)13-20(16-6-7-16)12-14-4-3-5-17(8-14)21(22)23/h3-5,8-11,16H,6-7,12-13H2,1-2H3. The molecule has 0 N–H and O–H groups in total. The van der Waals surface area contributed by atoms with Gasteiger partial charge in [-0.2, -0.15) is 0 Å². The zero-order chi connectivity index (χ0) is 17.8. The Morgan fingerprint density at radius 2 is 1.68 bits per heavy atom. The first-order chi connectivity index (χ1) is 12.1. The van der Waals surface area contributed by atoms with E-state index in [9.17, 15) is 10.1 Å². The average Bonchev–Trinajstić information content (AvgIpc) is 3.46. The van der Waals surface area contributed by atoms with Gasteiger partial charge in [0.05, 0.1) is 19.1 Å². The summed E-state index contributed by atoms with van der Waals surface area (Å²) < 4.78 is 10.7. The maximum atomic E-state index is 11.0. The minimum Gasteiger partial charge on any atom is -0.497 e. The maximum Gasteiger partial charge on any atom is 0.269 e. The summed E-state index contributed by atoms with van der Waals surface area (Å²) in [4.78, 5) is 13.0. The largest absolute Gasteiger partial charge is 0.497 e. The molecule has 0 radical (unpaired) electrons. The molecule has 1 fully saturated rings. The van der Waals surface area contributed by atoms with E-state index in [2.05, 4.69) is 4.90 Å². The number of nitrogens with zero attached hydrogens (tertiary/aromatic N) is 2. The maximum absolute atomic E-state index is 11.0. The van der Waals surface area contributed by atoms with E-state index in [1.165, 1.54) is 6.07 Å². The van der Waals surface area contributed by atoms with Crippen LogP contribution in [0.25, 0.3) is 0 Å². The van der Waals surface area contributed by atoms with Crippen LogP contribution in [0.4, 0.5) is 5.69 Å². The zero-order valence-corrected chi connectivity index (χ0v) is 14.5. The highest BCUT2D eigenvalue weighted by atomic mass is 16.6. The molecule has 1 aliphatic carbocycles. The number of hydrogen-bond acceptors (Lipinski definition) is 5. The highest BCUT2D eigenvalue weighted by Gasteiger charge is 2.29. The SMILES string of the molecule is COc1cc(CN(Cc2cccc([N+](=O)[O-])c2)C2CC2)cc(OC)c1. The van der Waals surface area contributed by atoms with Crippen molar-refractivity contribution in [1.29, 1.82) is 0 Å². The predicted molar refractivity (Wildman–Crippen MR) is 94.9 cm³/mol. The van der Waals surface area contributed by atoms with Crippen molar-refractivity contribution in [2.45, 2.75) is 32.0 Å². The third kappa shape index (κ3) is 4.48. The van der Waals surface area contributed by atoms with Crippen LogP contribution in [0.3, 0.4) is 0 Å². The molecular weight excluding hydrogens is 320 g/mol. The third-order valence-corrected chi connectivity index (χ3v) is 4.37. The van der Waals surface area contributed by atoms with Crippen molar-refractivity contribution in [2.24, 2.45) is 0 Å². The topological polar surface area (TPSA) is 64.8 Å². The van der Waals surface area contributed by atoms with Crippen LogP contribution in [0, 0.1) is 10.1 Å². The summed E-state index contributed by atoms with van der Waals surface area (Å²) in [5, 5.41) is 11.0. The average molecular weight is 342 g/mol. The van der Waals surface area contributed by atoms with Crippen LogP contribution >= 0.6 is 0 Å². The first-order valence-electron chi connectivity index (χ1n) is 8.28. The lowest BCUT2D eigenvalue weighted by molar-refractivity contribution is -0.384. The zero-order valence-electron chi connectivity index (χ0n) is 14.5. The number of non-ortho nitro benzene ring substituents is 1. The monoisotopic (exact) mass is 342 g/mol. The summed E-state index contributed by atoms with van der Waals surface area (Å²) in [6, 6.07) is 13.2. The number of methoxy groups -OCH3 is 2. The Labute approximate surface area is 147 Å². The molecule has 0 saturated heterocycles. The molecule has 2 aromatic rings. The Morgan fingerprint density at radius 3 is 2.24 bits per heavy atom. The second-order valence-electron chi connectivity index (χ2n) is 6.28. The van der Waals surface area contributed by atoms with Crippen LogP contribution in [0.2, 0.25) is 0 Å². The van der Waals surface area contributed by atoms with Gasteiger partial charge in [-0.05, 0) is 36.1 Å². The van der Waals surface area contributed by atoms with E-state index in [0.717, 1.165) is 42.0 Å². The van der Waals surface area contributed by atoms with Crippen molar-refractivity contribution >= 4 is 5.69 Å². The van der Waals surface area contributed by atoms with Crippen molar-refractivity contribution in [2.75, 3.05) is 14.2 Å². The third-order valence-electron chi connectivity index (χ3n) is 4.37. The Kier molecular flexibility index (Phi) is 5.19. The van der Waals surface area contributed by atoms with Crippen molar-refractivity contribution in [3.63, 3.8) is 0 Å². The molecule has 132 valence electrons. The van der Waals surface area contributed by atoms with Crippen molar-refractivity contribution in [3.8, 4) is 11.5 Å². The smallest absolute Gasteiger partial charge is 0.269 e. The summed E-state index contributed by atoms with van der Waals surface area (Å²) >= 11 is 0. The van der Waals surface area contributed by atoms with Gasteiger partial charge < -0.3 is 9.47 Å². The van der Waals surface area contributed by atoms with E-state index in [0.29, 0.717) is 12.6 Å². The Morgan fingerprint density at radius 1 is 1.04 bits per heavy atom. The lowest BCUT2D eigenvalue weighted by atomic mass is 10.1. The molecule has 0 aliphatic heterocycles. The molecule has 0 heterocycles. The van der Waals surface area contributed by atoms with Gasteiger partial charge in [0.2, 0.25) is 0 Å². The number of nitro groups is 1. The Balaban J connectivity index is 1.78. The number of nitro benzene ring substituents is 1. The minimum atomic E-state index is -0.349. The van der Waals surface area contributed by atoms with Gasteiger partial charge in [0.25, 0.3) is 5.69 Å². The van der Waals surface area contributed by atoms with Gasteiger partial charge in [-0.1, -0.05) is 12.1 Å². The van der Waals surface area contributed by atoms with E-state index in [-0.39, 0.29) is 10.6 Å².